The van der Waals surface area contributed by atoms with Crippen molar-refractivity contribution in [3.63, 3.8) is 0 Å². The average molecular weight is 419 g/mol. The lowest BCUT2D eigenvalue weighted by molar-refractivity contribution is -0.385. The van der Waals surface area contributed by atoms with Crippen LogP contribution >= 0.6 is 0 Å². The molecule has 9 nitrogen and oxygen atoms in total. The van der Waals surface area contributed by atoms with Crippen molar-refractivity contribution in [2.24, 2.45) is 4.99 Å². The van der Waals surface area contributed by atoms with Crippen molar-refractivity contribution in [3.8, 4) is 5.69 Å². The summed E-state index contributed by atoms with van der Waals surface area (Å²) in [6, 6.07) is 10.5. The van der Waals surface area contributed by atoms with Gasteiger partial charge in [-0.05, 0) is 44.1 Å². The van der Waals surface area contributed by atoms with E-state index in [-0.39, 0.29) is 17.2 Å². The molecule has 0 radical (unpaired) electrons. The molecule has 0 fully saturated rings. The third kappa shape index (κ3) is 4.09. The molecular weight excluding hydrogens is 394 g/mol. The molecule has 1 aliphatic rings. The molecule has 9 heteroatoms. The molecule has 0 atom stereocenters. The fraction of sp³-hybridized carbons (Fsp3) is 0.364. The zero-order valence-electron chi connectivity index (χ0n) is 17.7. The molecule has 1 aliphatic heterocycles. The number of nitrogens with zero attached hydrogens (tertiary/aromatic N) is 7. The van der Waals surface area contributed by atoms with Gasteiger partial charge in [-0.3, -0.25) is 29.6 Å². The Morgan fingerprint density at radius 2 is 1.90 bits per heavy atom. The molecule has 2 aromatic heterocycles. The predicted molar refractivity (Wildman–Crippen MR) is 117 cm³/mol. The Bertz CT molecular complexity index is 1100. The van der Waals surface area contributed by atoms with Crippen molar-refractivity contribution in [3.05, 3.63) is 75.6 Å². The molecule has 3 aromatic rings. The lowest BCUT2D eigenvalue weighted by Gasteiger charge is -2.21. The van der Waals surface area contributed by atoms with E-state index >= 15 is 0 Å². The molecule has 31 heavy (non-hydrogen) atoms. The molecule has 0 spiro atoms. The van der Waals surface area contributed by atoms with E-state index in [0.717, 1.165) is 31.8 Å². The highest BCUT2D eigenvalue weighted by molar-refractivity contribution is 6.16. The van der Waals surface area contributed by atoms with Crippen LogP contribution in [0, 0.1) is 10.1 Å². The van der Waals surface area contributed by atoms with Crippen LogP contribution in [-0.2, 0) is 13.1 Å². The molecule has 0 saturated heterocycles. The Morgan fingerprint density at radius 3 is 2.58 bits per heavy atom. The number of benzene rings is 1. The SMILES string of the molecule is CCCN(CCC)Cc1nnc2n1-c1cccc([N+](=O)[O-])c1C(c1ccccn1)=NC2. The van der Waals surface area contributed by atoms with Gasteiger partial charge in [0.05, 0.1) is 28.6 Å². The van der Waals surface area contributed by atoms with Crippen LogP contribution in [0.4, 0.5) is 5.69 Å². The van der Waals surface area contributed by atoms with E-state index in [0.29, 0.717) is 35.0 Å². The molecule has 0 bridgehead atoms. The maximum atomic E-state index is 11.9. The minimum atomic E-state index is -0.368. The summed E-state index contributed by atoms with van der Waals surface area (Å²) in [5.74, 6) is 1.42. The second kappa shape index (κ2) is 9.13. The first-order valence-corrected chi connectivity index (χ1v) is 10.5. The Balaban J connectivity index is 1.88. The summed E-state index contributed by atoms with van der Waals surface area (Å²) < 4.78 is 1.93. The van der Waals surface area contributed by atoms with Crippen LogP contribution in [0.2, 0.25) is 0 Å². The van der Waals surface area contributed by atoms with Gasteiger partial charge in [0.25, 0.3) is 5.69 Å². The number of nitro groups is 1. The van der Waals surface area contributed by atoms with Gasteiger partial charge >= 0.3 is 0 Å². The van der Waals surface area contributed by atoms with Crippen LogP contribution in [0.3, 0.4) is 0 Å². The minimum Gasteiger partial charge on any atom is -0.296 e. The van der Waals surface area contributed by atoms with Crippen LogP contribution in [0.1, 0.15) is 49.6 Å². The number of hydrogen-bond acceptors (Lipinski definition) is 7. The summed E-state index contributed by atoms with van der Waals surface area (Å²) in [6.07, 6.45) is 3.74. The van der Waals surface area contributed by atoms with Gasteiger partial charge < -0.3 is 0 Å². The highest BCUT2D eigenvalue weighted by Gasteiger charge is 2.30. The molecule has 1 aromatic carbocycles. The number of pyridine rings is 1. The topological polar surface area (TPSA) is 102 Å². The van der Waals surface area contributed by atoms with Gasteiger partial charge in [-0.1, -0.05) is 26.0 Å². The summed E-state index contributed by atoms with van der Waals surface area (Å²) in [5.41, 5.74) is 2.20. The highest BCUT2D eigenvalue weighted by Crippen LogP contribution is 2.32. The number of fused-ring (bicyclic) bond motifs is 3. The second-order valence-electron chi connectivity index (χ2n) is 7.45. The summed E-state index contributed by atoms with van der Waals surface area (Å²) in [4.78, 5) is 23.0. The van der Waals surface area contributed by atoms with Gasteiger partial charge in [-0.2, -0.15) is 0 Å². The highest BCUT2D eigenvalue weighted by atomic mass is 16.6. The Hall–Kier alpha value is -3.46. The van der Waals surface area contributed by atoms with Crippen LogP contribution in [0.25, 0.3) is 5.69 Å². The smallest absolute Gasteiger partial charge is 0.280 e. The fourth-order valence-electron chi connectivity index (χ4n) is 3.99. The number of hydrogen-bond donors (Lipinski definition) is 0. The lowest BCUT2D eigenvalue weighted by atomic mass is 10.0. The zero-order chi connectivity index (χ0) is 21.8. The minimum absolute atomic E-state index is 0.00613. The number of nitro benzene ring substituents is 1. The number of aliphatic imine (C=N–C) groups is 1. The standard InChI is InChI=1S/C22H25N7O2/c1-3-12-27(13-4-2)15-20-26-25-19-14-24-22(16-8-5-6-11-23-16)21-17(28(19)20)9-7-10-18(21)29(30)31/h5-11H,3-4,12-15H2,1-2H3. The molecule has 0 N–H and O–H groups in total. The van der Waals surface area contributed by atoms with Gasteiger partial charge in [-0.15, -0.1) is 10.2 Å². The molecular formula is C22H25N7O2. The Labute approximate surface area is 180 Å². The van der Waals surface area contributed by atoms with E-state index < -0.39 is 0 Å². The lowest BCUT2D eigenvalue weighted by Crippen LogP contribution is -2.27. The fourth-order valence-corrected chi connectivity index (χ4v) is 3.99. The van der Waals surface area contributed by atoms with Crippen molar-refractivity contribution in [2.45, 2.75) is 39.8 Å². The van der Waals surface area contributed by atoms with E-state index in [1.54, 1.807) is 12.3 Å². The Kier molecular flexibility index (Phi) is 6.13. The van der Waals surface area contributed by atoms with Crippen molar-refractivity contribution in [1.82, 2.24) is 24.6 Å². The van der Waals surface area contributed by atoms with E-state index in [1.165, 1.54) is 6.07 Å². The van der Waals surface area contributed by atoms with Gasteiger partial charge in [-0.25, -0.2) is 0 Å². The summed E-state index contributed by atoms with van der Waals surface area (Å²) in [5, 5.41) is 20.7. The van der Waals surface area contributed by atoms with E-state index in [4.69, 9.17) is 4.99 Å². The van der Waals surface area contributed by atoms with Gasteiger partial charge in [0.15, 0.2) is 11.6 Å². The predicted octanol–water partition coefficient (Wildman–Crippen LogP) is 3.54. The summed E-state index contributed by atoms with van der Waals surface area (Å²) in [6.45, 7) is 7.10. The van der Waals surface area contributed by atoms with Gasteiger partial charge in [0.1, 0.15) is 12.1 Å². The first kappa shape index (κ1) is 20.8. The summed E-state index contributed by atoms with van der Waals surface area (Å²) in [7, 11) is 0. The van der Waals surface area contributed by atoms with E-state index in [2.05, 4.69) is 33.9 Å². The third-order valence-corrected chi connectivity index (χ3v) is 5.22. The average Bonchev–Trinajstić information content (AvgIpc) is 3.08. The zero-order valence-corrected chi connectivity index (χ0v) is 17.7. The number of rotatable bonds is 8. The first-order chi connectivity index (χ1) is 15.1. The molecule has 0 unspecified atom stereocenters. The molecule has 4 rings (SSSR count). The summed E-state index contributed by atoms with van der Waals surface area (Å²) >= 11 is 0. The number of aromatic nitrogens is 4. The second-order valence-corrected chi connectivity index (χ2v) is 7.45. The van der Waals surface area contributed by atoms with Gasteiger partial charge in [0.2, 0.25) is 0 Å². The van der Waals surface area contributed by atoms with E-state index in [1.807, 2.05) is 28.8 Å². The monoisotopic (exact) mass is 419 g/mol. The van der Waals surface area contributed by atoms with Crippen LogP contribution in [0.5, 0.6) is 0 Å². The van der Waals surface area contributed by atoms with Crippen molar-refractivity contribution < 1.29 is 4.92 Å². The first-order valence-electron chi connectivity index (χ1n) is 10.5. The maximum Gasteiger partial charge on any atom is 0.280 e. The Morgan fingerprint density at radius 1 is 1.10 bits per heavy atom. The van der Waals surface area contributed by atoms with Crippen molar-refractivity contribution in [2.75, 3.05) is 13.1 Å². The molecule has 3 heterocycles. The molecule has 160 valence electrons. The van der Waals surface area contributed by atoms with Crippen LogP contribution in [0.15, 0.2) is 47.6 Å². The molecule has 0 amide bonds. The van der Waals surface area contributed by atoms with Crippen molar-refractivity contribution in [1.29, 1.82) is 0 Å². The molecule has 0 aliphatic carbocycles. The normalized spacial score (nSPS) is 12.8. The molecule has 0 saturated carbocycles. The maximum absolute atomic E-state index is 11.9. The van der Waals surface area contributed by atoms with Crippen LogP contribution < -0.4 is 0 Å². The van der Waals surface area contributed by atoms with Crippen molar-refractivity contribution >= 4 is 11.4 Å². The largest absolute Gasteiger partial charge is 0.296 e. The van der Waals surface area contributed by atoms with Gasteiger partial charge in [0, 0.05) is 12.3 Å². The quantitative estimate of drug-likeness (QED) is 0.409. The van der Waals surface area contributed by atoms with E-state index in [9.17, 15) is 10.1 Å². The third-order valence-electron chi connectivity index (χ3n) is 5.22. The van der Waals surface area contributed by atoms with Crippen LogP contribution in [-0.4, -0.2) is 48.4 Å².